The molecule has 0 bridgehead atoms. The Bertz CT molecular complexity index is 947. The Morgan fingerprint density at radius 1 is 1.06 bits per heavy atom. The second-order valence-corrected chi connectivity index (χ2v) is 11.2. The SMILES string of the molecule is CC(C)(C)C1CC(C2CCN(c3ccc(NC(=O)c4nccs4)cc3)CC2)CCN1C(=O)O. The number of amides is 2. The van der Waals surface area contributed by atoms with E-state index in [-0.39, 0.29) is 17.4 Å². The number of hydrogen-bond donors (Lipinski definition) is 2. The van der Waals surface area contributed by atoms with E-state index in [1.165, 1.54) is 17.0 Å². The van der Waals surface area contributed by atoms with E-state index in [2.05, 4.69) is 48.1 Å². The summed E-state index contributed by atoms with van der Waals surface area (Å²) in [6.45, 7) is 9.13. The van der Waals surface area contributed by atoms with E-state index in [1.54, 1.807) is 16.5 Å². The summed E-state index contributed by atoms with van der Waals surface area (Å²) in [5, 5.41) is 14.8. The van der Waals surface area contributed by atoms with Crippen molar-refractivity contribution in [3.05, 3.63) is 40.8 Å². The minimum atomic E-state index is -0.783. The van der Waals surface area contributed by atoms with Gasteiger partial charge in [0.15, 0.2) is 5.01 Å². The smallest absolute Gasteiger partial charge is 0.407 e. The van der Waals surface area contributed by atoms with Crippen LogP contribution in [0.2, 0.25) is 0 Å². The molecular formula is C25H34N4O3S. The van der Waals surface area contributed by atoms with Crippen molar-refractivity contribution in [3.8, 4) is 0 Å². The van der Waals surface area contributed by atoms with Crippen molar-refractivity contribution < 1.29 is 14.7 Å². The largest absolute Gasteiger partial charge is 0.465 e. The second kappa shape index (κ2) is 9.71. The number of nitrogens with zero attached hydrogens (tertiary/aromatic N) is 3. The molecule has 0 saturated carbocycles. The van der Waals surface area contributed by atoms with E-state index in [1.807, 2.05) is 12.1 Å². The zero-order valence-electron chi connectivity index (χ0n) is 19.7. The Morgan fingerprint density at radius 2 is 1.73 bits per heavy atom. The van der Waals surface area contributed by atoms with Crippen molar-refractivity contribution >= 4 is 34.7 Å². The predicted molar refractivity (Wildman–Crippen MR) is 132 cm³/mol. The van der Waals surface area contributed by atoms with Gasteiger partial charge in [0.2, 0.25) is 0 Å². The summed E-state index contributed by atoms with van der Waals surface area (Å²) in [6, 6.07) is 8.11. The maximum absolute atomic E-state index is 12.2. The summed E-state index contributed by atoms with van der Waals surface area (Å²) in [5.74, 6) is 1.07. The monoisotopic (exact) mass is 470 g/mol. The normalized spacial score (nSPS) is 22.3. The van der Waals surface area contributed by atoms with E-state index in [4.69, 9.17) is 0 Å². The van der Waals surface area contributed by atoms with Crippen LogP contribution in [0.4, 0.5) is 16.2 Å². The highest BCUT2D eigenvalue weighted by molar-refractivity contribution is 7.11. The van der Waals surface area contributed by atoms with Crippen LogP contribution < -0.4 is 10.2 Å². The number of rotatable bonds is 4. The predicted octanol–water partition coefficient (Wildman–Crippen LogP) is 5.42. The number of aromatic nitrogens is 1. The molecular weight excluding hydrogens is 436 g/mol. The Labute approximate surface area is 199 Å². The summed E-state index contributed by atoms with van der Waals surface area (Å²) in [7, 11) is 0. The first-order chi connectivity index (χ1) is 15.7. The molecule has 8 heteroatoms. The lowest BCUT2D eigenvalue weighted by molar-refractivity contribution is 0.0244. The first kappa shape index (κ1) is 23.5. The minimum absolute atomic E-state index is 0.0471. The third-order valence-corrected chi connectivity index (χ3v) is 7.98. The van der Waals surface area contributed by atoms with Gasteiger partial charge in [-0.25, -0.2) is 9.78 Å². The highest BCUT2D eigenvalue weighted by Crippen LogP contribution is 2.40. The molecule has 2 unspecified atom stereocenters. The summed E-state index contributed by atoms with van der Waals surface area (Å²) in [4.78, 5) is 32.0. The van der Waals surface area contributed by atoms with Gasteiger partial charge in [-0.1, -0.05) is 20.8 Å². The number of benzene rings is 1. The third-order valence-electron chi connectivity index (χ3n) is 7.21. The second-order valence-electron chi connectivity index (χ2n) is 10.3. The van der Waals surface area contributed by atoms with Crippen molar-refractivity contribution in [2.75, 3.05) is 29.9 Å². The number of carbonyl (C=O) groups is 2. The van der Waals surface area contributed by atoms with Crippen LogP contribution in [0.1, 0.15) is 56.3 Å². The number of likely N-dealkylation sites (tertiary alicyclic amines) is 1. The van der Waals surface area contributed by atoms with Gasteiger partial charge in [-0.3, -0.25) is 4.79 Å². The molecule has 178 valence electrons. The lowest BCUT2D eigenvalue weighted by Gasteiger charge is -2.47. The average molecular weight is 471 g/mol. The van der Waals surface area contributed by atoms with E-state index >= 15 is 0 Å². The van der Waals surface area contributed by atoms with Gasteiger partial charge in [0.25, 0.3) is 5.91 Å². The minimum Gasteiger partial charge on any atom is -0.465 e. The molecule has 0 aliphatic carbocycles. The zero-order valence-corrected chi connectivity index (χ0v) is 20.5. The quantitative estimate of drug-likeness (QED) is 0.623. The number of piperidine rings is 2. The van der Waals surface area contributed by atoms with Gasteiger partial charge in [-0.15, -0.1) is 11.3 Å². The molecule has 2 atom stereocenters. The Hall–Kier alpha value is -2.61. The maximum Gasteiger partial charge on any atom is 0.407 e. The molecule has 0 spiro atoms. The van der Waals surface area contributed by atoms with Gasteiger partial charge in [0, 0.05) is 48.6 Å². The molecule has 1 aromatic carbocycles. The third kappa shape index (κ3) is 5.49. The molecule has 3 heterocycles. The van der Waals surface area contributed by atoms with Crippen molar-refractivity contribution in [1.82, 2.24) is 9.88 Å². The lowest BCUT2D eigenvalue weighted by atomic mass is 9.71. The van der Waals surface area contributed by atoms with Crippen molar-refractivity contribution in [3.63, 3.8) is 0 Å². The first-order valence-electron chi connectivity index (χ1n) is 11.8. The van der Waals surface area contributed by atoms with Gasteiger partial charge in [-0.05, 0) is 67.2 Å². The zero-order chi connectivity index (χ0) is 23.6. The van der Waals surface area contributed by atoms with E-state index in [0.717, 1.165) is 44.5 Å². The highest BCUT2D eigenvalue weighted by atomic mass is 32.1. The van der Waals surface area contributed by atoms with E-state index < -0.39 is 6.09 Å². The van der Waals surface area contributed by atoms with Crippen molar-refractivity contribution in [2.24, 2.45) is 17.3 Å². The summed E-state index contributed by atoms with van der Waals surface area (Å²) < 4.78 is 0. The van der Waals surface area contributed by atoms with Crippen LogP contribution in [0.5, 0.6) is 0 Å². The fraction of sp³-hybridized carbons (Fsp3) is 0.560. The maximum atomic E-state index is 12.2. The van der Waals surface area contributed by atoms with Crippen molar-refractivity contribution in [2.45, 2.75) is 52.5 Å². The van der Waals surface area contributed by atoms with Crippen LogP contribution in [-0.2, 0) is 0 Å². The molecule has 2 aromatic rings. The van der Waals surface area contributed by atoms with E-state index in [0.29, 0.717) is 23.4 Å². The van der Waals surface area contributed by atoms with Gasteiger partial charge in [0.1, 0.15) is 0 Å². The molecule has 0 radical (unpaired) electrons. The number of carboxylic acid groups (broad SMARTS) is 1. The van der Waals surface area contributed by atoms with Gasteiger partial charge in [0.05, 0.1) is 0 Å². The number of hydrogen-bond acceptors (Lipinski definition) is 5. The lowest BCUT2D eigenvalue weighted by Crippen LogP contribution is -2.53. The summed E-state index contributed by atoms with van der Waals surface area (Å²) >= 11 is 1.33. The number of anilines is 2. The Balaban J connectivity index is 1.31. The van der Waals surface area contributed by atoms with Gasteiger partial charge < -0.3 is 20.2 Å². The van der Waals surface area contributed by atoms with Crippen LogP contribution >= 0.6 is 11.3 Å². The average Bonchev–Trinajstić information content (AvgIpc) is 3.34. The molecule has 2 fully saturated rings. The molecule has 7 nitrogen and oxygen atoms in total. The van der Waals surface area contributed by atoms with Crippen LogP contribution in [-0.4, -0.2) is 52.7 Å². The molecule has 2 amide bonds. The van der Waals surface area contributed by atoms with Crippen LogP contribution in [0, 0.1) is 17.3 Å². The van der Waals surface area contributed by atoms with Gasteiger partial charge in [-0.2, -0.15) is 0 Å². The number of nitrogens with one attached hydrogen (secondary N) is 1. The van der Waals surface area contributed by atoms with Gasteiger partial charge >= 0.3 is 6.09 Å². The van der Waals surface area contributed by atoms with Crippen LogP contribution in [0.25, 0.3) is 0 Å². The Kier molecular flexibility index (Phi) is 6.93. The van der Waals surface area contributed by atoms with Crippen LogP contribution in [0.15, 0.2) is 35.8 Å². The standard InChI is InChI=1S/C25H34N4O3S/c1-25(2,3)21-16-18(10-14-29(21)24(31)32)17-8-12-28(13-9-17)20-6-4-19(5-7-20)27-22(30)23-26-11-15-33-23/h4-7,11,15,17-18,21H,8-10,12-14,16H2,1-3H3,(H,27,30)(H,31,32). The number of thiazole rings is 1. The van der Waals surface area contributed by atoms with Crippen molar-refractivity contribution in [1.29, 1.82) is 0 Å². The summed E-state index contributed by atoms with van der Waals surface area (Å²) in [6.07, 6.45) is 5.05. The molecule has 4 rings (SSSR count). The first-order valence-corrected chi connectivity index (χ1v) is 12.7. The number of carbonyl (C=O) groups excluding carboxylic acids is 1. The molecule has 2 aliphatic rings. The fourth-order valence-corrected chi connectivity index (χ4v) is 5.91. The molecule has 2 aliphatic heterocycles. The fourth-order valence-electron chi connectivity index (χ4n) is 5.38. The molecule has 2 N–H and O–H groups in total. The highest BCUT2D eigenvalue weighted by Gasteiger charge is 2.41. The molecule has 1 aromatic heterocycles. The Morgan fingerprint density at radius 3 is 2.30 bits per heavy atom. The molecule has 2 saturated heterocycles. The van der Waals surface area contributed by atoms with E-state index in [9.17, 15) is 14.7 Å². The molecule has 33 heavy (non-hydrogen) atoms. The summed E-state index contributed by atoms with van der Waals surface area (Å²) in [5.41, 5.74) is 1.90. The topological polar surface area (TPSA) is 85.8 Å². The van der Waals surface area contributed by atoms with Crippen LogP contribution in [0.3, 0.4) is 0 Å².